The van der Waals surface area contributed by atoms with Crippen LogP contribution in [0.3, 0.4) is 0 Å². The quantitative estimate of drug-likeness (QED) is 0.279. The lowest BCUT2D eigenvalue weighted by molar-refractivity contribution is -0.139. The maximum absolute atomic E-state index is 13.9. The van der Waals surface area contributed by atoms with Gasteiger partial charge >= 0.3 is 0 Å². The van der Waals surface area contributed by atoms with E-state index in [4.69, 9.17) is 0 Å². The Bertz CT molecular complexity index is 1610. The van der Waals surface area contributed by atoms with E-state index >= 15 is 0 Å². The zero-order valence-electron chi connectivity index (χ0n) is 23.9. The summed E-state index contributed by atoms with van der Waals surface area (Å²) in [7, 11) is 0. The van der Waals surface area contributed by atoms with Crippen molar-refractivity contribution < 1.29 is 24.6 Å². The lowest BCUT2D eigenvalue weighted by Crippen LogP contribution is -2.46. The van der Waals surface area contributed by atoms with Crippen LogP contribution in [0.5, 0.6) is 0 Å². The topological polar surface area (TPSA) is 101 Å². The van der Waals surface area contributed by atoms with Crippen molar-refractivity contribution in [3.05, 3.63) is 106 Å². The largest absolute Gasteiger partial charge is 0.394 e. The fourth-order valence-corrected chi connectivity index (χ4v) is 6.66. The number of β-lactam (4-membered cyclic amide) rings is 1. The molecule has 0 saturated carbocycles. The molecule has 0 unspecified atom stereocenters. The zero-order chi connectivity index (χ0) is 30.3. The predicted octanol–water partition coefficient (Wildman–Crippen LogP) is 4.45. The maximum Gasteiger partial charge on any atom is 0.264 e. The first kappa shape index (κ1) is 29.3. The first-order valence-corrected chi connectivity index (χ1v) is 15.4. The number of nitrogens with zero attached hydrogens (tertiary/aromatic N) is 3. The van der Waals surface area contributed by atoms with E-state index in [-0.39, 0.29) is 37.4 Å². The van der Waals surface area contributed by atoms with Crippen molar-refractivity contribution in [2.45, 2.75) is 50.9 Å². The van der Waals surface area contributed by atoms with Gasteiger partial charge in [0.25, 0.3) is 5.91 Å². The van der Waals surface area contributed by atoms with Gasteiger partial charge in [-0.1, -0.05) is 71.4 Å². The number of amides is 3. The molecule has 3 heterocycles. The average Bonchev–Trinajstić information content (AvgIpc) is 3.22. The summed E-state index contributed by atoms with van der Waals surface area (Å²) in [5.41, 5.74) is 3.25. The Kier molecular flexibility index (Phi) is 7.98. The smallest absolute Gasteiger partial charge is 0.264 e. The Labute approximate surface area is 259 Å². The van der Waals surface area contributed by atoms with Gasteiger partial charge in [-0.3, -0.25) is 14.4 Å². The van der Waals surface area contributed by atoms with Crippen LogP contribution in [0.2, 0.25) is 0 Å². The molecule has 1 fully saturated rings. The van der Waals surface area contributed by atoms with Crippen molar-refractivity contribution >= 4 is 45.0 Å². The molecule has 3 atom stereocenters. The van der Waals surface area contributed by atoms with Crippen LogP contribution in [-0.2, 0) is 39.5 Å². The molecule has 3 amide bonds. The van der Waals surface area contributed by atoms with E-state index in [0.717, 1.165) is 26.9 Å². The Hall–Kier alpha value is -3.79. The van der Waals surface area contributed by atoms with Gasteiger partial charge in [0, 0.05) is 47.6 Å². The molecule has 222 valence electrons. The van der Waals surface area contributed by atoms with Gasteiger partial charge in [0.2, 0.25) is 11.8 Å². The van der Waals surface area contributed by atoms with E-state index in [1.807, 2.05) is 60.7 Å². The summed E-state index contributed by atoms with van der Waals surface area (Å²) in [6, 6.07) is 20.7. The fourth-order valence-electron chi connectivity index (χ4n) is 6.30. The van der Waals surface area contributed by atoms with E-state index < -0.39 is 17.4 Å². The van der Waals surface area contributed by atoms with Gasteiger partial charge in [0.1, 0.15) is 0 Å². The van der Waals surface area contributed by atoms with Crippen LogP contribution in [-0.4, -0.2) is 52.0 Å². The first-order chi connectivity index (χ1) is 20.7. The summed E-state index contributed by atoms with van der Waals surface area (Å²) in [4.78, 5) is 44.0. The third-order valence-corrected chi connectivity index (χ3v) is 9.43. The number of fused-ring (bicyclic) bond motifs is 2. The van der Waals surface area contributed by atoms with Crippen LogP contribution in [0.25, 0.3) is 0 Å². The molecule has 6 rings (SSSR count). The van der Waals surface area contributed by atoms with Crippen molar-refractivity contribution in [1.82, 2.24) is 4.90 Å². The molecule has 2 N–H and O–H groups in total. The van der Waals surface area contributed by atoms with Crippen LogP contribution in [0.15, 0.2) is 83.4 Å². The van der Waals surface area contributed by atoms with Gasteiger partial charge in [-0.15, -0.1) is 0 Å². The highest BCUT2D eigenvalue weighted by atomic mass is 79.9. The minimum Gasteiger partial charge on any atom is -0.394 e. The van der Waals surface area contributed by atoms with Gasteiger partial charge in [-0.05, 0) is 53.4 Å². The molecular formula is C34H34BrN3O5. The standard InChI is InChI=1S/C34H34BrN3O5/c1-22(5-4-8-31(40)37-20-25-7-3-2-6-24(25)17-28(37)21-39)34(43)29-18-26(35)11-14-30(29)38(33(34)42)19-23-9-12-27(13-10-23)36-16-15-32(36)41/h2-7,9-14,18,22,28,39,43H,8,15-17,19-21H2,1H3/b5-4+/t22-,28-,34+/m0/s1. The lowest BCUT2D eigenvalue weighted by Gasteiger charge is -2.36. The molecule has 3 aromatic carbocycles. The van der Waals surface area contributed by atoms with E-state index in [2.05, 4.69) is 15.9 Å². The number of halogens is 1. The molecule has 0 spiro atoms. The molecule has 0 bridgehead atoms. The Balaban J connectivity index is 1.18. The molecule has 43 heavy (non-hydrogen) atoms. The number of anilines is 2. The highest BCUT2D eigenvalue weighted by molar-refractivity contribution is 9.10. The lowest BCUT2D eigenvalue weighted by atomic mass is 9.83. The average molecular weight is 645 g/mol. The van der Waals surface area contributed by atoms with Crippen molar-refractivity contribution in [2.24, 2.45) is 5.92 Å². The highest BCUT2D eigenvalue weighted by Gasteiger charge is 2.52. The molecule has 1 saturated heterocycles. The summed E-state index contributed by atoms with van der Waals surface area (Å²) >= 11 is 3.49. The molecule has 0 radical (unpaired) electrons. The van der Waals surface area contributed by atoms with Crippen LogP contribution >= 0.6 is 15.9 Å². The molecule has 9 heteroatoms. The van der Waals surface area contributed by atoms with Gasteiger partial charge in [0.05, 0.1) is 24.9 Å². The van der Waals surface area contributed by atoms with Crippen molar-refractivity contribution in [2.75, 3.05) is 23.0 Å². The predicted molar refractivity (Wildman–Crippen MR) is 167 cm³/mol. The van der Waals surface area contributed by atoms with E-state index in [9.17, 15) is 24.6 Å². The van der Waals surface area contributed by atoms with Crippen LogP contribution in [0.1, 0.15) is 42.0 Å². The van der Waals surface area contributed by atoms with E-state index in [1.165, 1.54) is 0 Å². The summed E-state index contributed by atoms with van der Waals surface area (Å²) < 4.78 is 0.745. The normalized spacial score (nSPS) is 22.0. The number of carbonyl (C=O) groups is 3. The number of hydrogen-bond acceptors (Lipinski definition) is 5. The second kappa shape index (κ2) is 11.7. The SMILES string of the molecule is C[C@@H](/C=C/CC(=O)N1Cc2ccccc2C[C@H]1CO)[C@]1(O)C(=O)N(Cc2ccc(N3CCC3=O)cc2)c2ccc(Br)cc21. The highest BCUT2D eigenvalue weighted by Crippen LogP contribution is 2.47. The van der Waals surface area contributed by atoms with Gasteiger partial charge in [-0.25, -0.2) is 0 Å². The first-order valence-electron chi connectivity index (χ1n) is 14.6. The number of hydrogen-bond donors (Lipinski definition) is 2. The third kappa shape index (κ3) is 5.30. The van der Waals surface area contributed by atoms with E-state index in [1.54, 1.807) is 39.8 Å². The van der Waals surface area contributed by atoms with Gasteiger partial charge in [-0.2, -0.15) is 0 Å². The monoisotopic (exact) mass is 643 g/mol. The summed E-state index contributed by atoms with van der Waals surface area (Å²) in [6.07, 6.45) is 4.70. The van der Waals surface area contributed by atoms with Gasteiger partial charge in [0.15, 0.2) is 5.60 Å². The Morgan fingerprint density at radius 2 is 1.84 bits per heavy atom. The Morgan fingerprint density at radius 1 is 1.09 bits per heavy atom. The maximum atomic E-state index is 13.9. The van der Waals surface area contributed by atoms with Crippen LogP contribution < -0.4 is 9.80 Å². The minimum atomic E-state index is -1.82. The number of aliphatic hydroxyl groups is 2. The fraction of sp³-hybridized carbons (Fsp3) is 0.324. The van der Waals surface area contributed by atoms with E-state index in [0.29, 0.717) is 37.2 Å². The minimum absolute atomic E-state index is 0.0915. The van der Waals surface area contributed by atoms with Crippen molar-refractivity contribution in [1.29, 1.82) is 0 Å². The summed E-state index contributed by atoms with van der Waals surface area (Å²) in [5.74, 6) is -1.07. The summed E-state index contributed by atoms with van der Waals surface area (Å²) in [5, 5.41) is 22.0. The van der Waals surface area contributed by atoms with Crippen molar-refractivity contribution in [3.8, 4) is 0 Å². The number of rotatable bonds is 8. The zero-order valence-corrected chi connectivity index (χ0v) is 25.5. The second-order valence-corrected chi connectivity index (χ2v) is 12.4. The summed E-state index contributed by atoms with van der Waals surface area (Å²) in [6.45, 7) is 3.08. The molecule has 3 aromatic rings. The molecular weight excluding hydrogens is 610 g/mol. The molecule has 3 aliphatic rings. The molecule has 0 aliphatic carbocycles. The number of benzene rings is 3. The van der Waals surface area contributed by atoms with Gasteiger partial charge < -0.3 is 24.9 Å². The molecule has 3 aliphatic heterocycles. The molecule has 0 aromatic heterocycles. The molecule has 8 nitrogen and oxygen atoms in total. The Morgan fingerprint density at radius 3 is 2.51 bits per heavy atom. The van der Waals surface area contributed by atoms with Crippen molar-refractivity contribution in [3.63, 3.8) is 0 Å². The van der Waals surface area contributed by atoms with Crippen LogP contribution in [0, 0.1) is 5.92 Å². The number of carbonyl (C=O) groups excluding carboxylic acids is 3. The third-order valence-electron chi connectivity index (χ3n) is 8.93. The van der Waals surface area contributed by atoms with Crippen LogP contribution in [0.4, 0.5) is 11.4 Å². The number of aliphatic hydroxyl groups excluding tert-OH is 1. The second-order valence-electron chi connectivity index (χ2n) is 11.5.